The summed E-state index contributed by atoms with van der Waals surface area (Å²) in [5.41, 5.74) is 1.50. The number of ether oxygens (including phenoxy) is 2. The second-order valence-electron chi connectivity index (χ2n) is 6.91. The number of nitrogens with zero attached hydrogens (tertiary/aromatic N) is 2. The van der Waals surface area contributed by atoms with Gasteiger partial charge in [-0.3, -0.25) is 9.69 Å². The molecule has 1 saturated carbocycles. The van der Waals surface area contributed by atoms with E-state index < -0.39 is 0 Å². The van der Waals surface area contributed by atoms with E-state index in [1.807, 2.05) is 55.0 Å². The summed E-state index contributed by atoms with van der Waals surface area (Å²) in [6.45, 7) is 5.01. The van der Waals surface area contributed by atoms with Gasteiger partial charge in [0.25, 0.3) is 5.91 Å². The fraction of sp³-hybridized carbons (Fsp3) is 0.524. The molecule has 1 amide bonds. The van der Waals surface area contributed by atoms with Gasteiger partial charge >= 0.3 is 0 Å². The zero-order valence-electron chi connectivity index (χ0n) is 16.4. The van der Waals surface area contributed by atoms with Crippen LogP contribution in [0.3, 0.4) is 0 Å². The van der Waals surface area contributed by atoms with Crippen molar-refractivity contribution in [3.05, 3.63) is 29.5 Å². The molecule has 2 fully saturated rings. The third-order valence-electron chi connectivity index (χ3n) is 5.10. The molecular formula is C21H28N2O3S. The summed E-state index contributed by atoms with van der Waals surface area (Å²) in [5.74, 6) is 1.40. The fourth-order valence-corrected chi connectivity index (χ4v) is 4.08. The van der Waals surface area contributed by atoms with Crippen LogP contribution in [0.1, 0.15) is 51.5 Å². The Labute approximate surface area is 166 Å². The molecule has 0 unspecified atom stereocenters. The molecule has 2 aliphatic rings. The van der Waals surface area contributed by atoms with E-state index in [0.29, 0.717) is 35.5 Å². The van der Waals surface area contributed by atoms with E-state index >= 15 is 0 Å². The lowest BCUT2D eigenvalue weighted by Crippen LogP contribution is -2.41. The molecule has 1 aromatic carbocycles. The van der Waals surface area contributed by atoms with Crippen molar-refractivity contribution in [1.29, 1.82) is 0 Å². The van der Waals surface area contributed by atoms with Crippen LogP contribution in [0.4, 0.5) is 0 Å². The van der Waals surface area contributed by atoms with Crippen LogP contribution in [0.5, 0.6) is 11.5 Å². The van der Waals surface area contributed by atoms with Gasteiger partial charge in [-0.05, 0) is 62.7 Å². The molecule has 6 heteroatoms. The van der Waals surface area contributed by atoms with Crippen LogP contribution in [0, 0.1) is 0 Å². The van der Waals surface area contributed by atoms with Crippen molar-refractivity contribution in [3.63, 3.8) is 0 Å². The van der Waals surface area contributed by atoms with Crippen LogP contribution >= 0.6 is 12.2 Å². The molecule has 1 aromatic rings. The van der Waals surface area contributed by atoms with Gasteiger partial charge in [0.05, 0.1) is 13.2 Å². The summed E-state index contributed by atoms with van der Waals surface area (Å²) in [7, 11) is 1.87. The third-order valence-corrected chi connectivity index (χ3v) is 5.57. The summed E-state index contributed by atoms with van der Waals surface area (Å²) in [5, 5.41) is 0.606. The monoisotopic (exact) mass is 388 g/mol. The normalized spacial score (nSPS) is 19.9. The maximum atomic E-state index is 13.1. The second kappa shape index (κ2) is 8.74. The number of amides is 1. The summed E-state index contributed by atoms with van der Waals surface area (Å²) in [4.78, 5) is 16.7. The van der Waals surface area contributed by atoms with Gasteiger partial charge in [-0.2, -0.15) is 0 Å². The Balaban J connectivity index is 1.88. The average molecular weight is 389 g/mol. The smallest absolute Gasteiger partial charge is 0.277 e. The predicted molar refractivity (Wildman–Crippen MR) is 111 cm³/mol. The fourth-order valence-electron chi connectivity index (χ4n) is 3.75. The molecule has 1 saturated heterocycles. The average Bonchev–Trinajstić information content (AvgIpc) is 2.88. The Morgan fingerprint density at radius 2 is 1.78 bits per heavy atom. The molecule has 0 bridgehead atoms. The molecule has 0 radical (unpaired) electrons. The molecule has 0 atom stereocenters. The summed E-state index contributed by atoms with van der Waals surface area (Å²) in [6, 6.07) is 5.96. The first kappa shape index (κ1) is 19.7. The van der Waals surface area contributed by atoms with Crippen LogP contribution in [-0.2, 0) is 4.79 Å². The summed E-state index contributed by atoms with van der Waals surface area (Å²) >= 11 is 5.58. The quantitative estimate of drug-likeness (QED) is 0.539. The zero-order valence-corrected chi connectivity index (χ0v) is 17.2. The maximum Gasteiger partial charge on any atom is 0.277 e. The summed E-state index contributed by atoms with van der Waals surface area (Å²) < 4.78 is 11.3. The van der Waals surface area contributed by atoms with Crippen LogP contribution in [0.25, 0.3) is 6.08 Å². The Morgan fingerprint density at radius 1 is 1.11 bits per heavy atom. The van der Waals surface area contributed by atoms with E-state index in [1.165, 1.54) is 6.42 Å². The van der Waals surface area contributed by atoms with Gasteiger partial charge in [0.15, 0.2) is 16.6 Å². The van der Waals surface area contributed by atoms with Crippen LogP contribution in [0.2, 0.25) is 0 Å². The van der Waals surface area contributed by atoms with Crippen molar-refractivity contribution in [2.75, 3.05) is 20.3 Å². The van der Waals surface area contributed by atoms with Crippen molar-refractivity contribution >= 4 is 29.3 Å². The first-order valence-electron chi connectivity index (χ1n) is 9.79. The van der Waals surface area contributed by atoms with Crippen molar-refractivity contribution in [1.82, 2.24) is 9.80 Å². The Bertz CT molecular complexity index is 741. The van der Waals surface area contributed by atoms with Gasteiger partial charge in [-0.25, -0.2) is 0 Å². The number of rotatable bonds is 6. The number of benzene rings is 1. The number of carbonyl (C=O) groups excluding carboxylic acids is 1. The third kappa shape index (κ3) is 4.10. The minimum atomic E-state index is 0.00115. The van der Waals surface area contributed by atoms with E-state index in [4.69, 9.17) is 21.7 Å². The zero-order chi connectivity index (χ0) is 19.4. The molecule has 27 heavy (non-hydrogen) atoms. The lowest BCUT2D eigenvalue weighted by Gasteiger charge is -2.30. The number of carbonyl (C=O) groups is 1. The lowest BCUT2D eigenvalue weighted by molar-refractivity contribution is -0.124. The highest BCUT2D eigenvalue weighted by molar-refractivity contribution is 7.80. The standard InChI is InChI=1S/C21H28N2O3S/c1-4-25-18-12-11-15(14-19(18)26-5-2)13-17-20(24)23(21(27)22(17)3)16-9-7-6-8-10-16/h11-14,16H,4-10H2,1-3H3/b17-13-. The van der Waals surface area contributed by atoms with Gasteiger partial charge in [0, 0.05) is 13.1 Å². The largest absolute Gasteiger partial charge is 0.490 e. The number of hydrogen-bond acceptors (Lipinski definition) is 4. The first-order valence-corrected chi connectivity index (χ1v) is 10.2. The maximum absolute atomic E-state index is 13.1. The van der Waals surface area contributed by atoms with E-state index in [2.05, 4.69) is 0 Å². The molecule has 146 valence electrons. The SMILES string of the molecule is CCOc1ccc(/C=C2/C(=O)N(C3CCCCC3)C(=S)N2C)cc1OCC. The predicted octanol–water partition coefficient (Wildman–Crippen LogP) is 4.22. The number of thiocarbonyl (C=S) groups is 1. The van der Waals surface area contributed by atoms with Crippen LogP contribution in [0.15, 0.2) is 23.9 Å². The van der Waals surface area contributed by atoms with Crippen LogP contribution in [-0.4, -0.2) is 47.1 Å². The van der Waals surface area contributed by atoms with Crippen molar-refractivity contribution in [2.24, 2.45) is 0 Å². The van der Waals surface area contributed by atoms with Gasteiger partial charge in [-0.1, -0.05) is 25.3 Å². The van der Waals surface area contributed by atoms with Gasteiger partial charge < -0.3 is 14.4 Å². The van der Waals surface area contributed by atoms with Gasteiger partial charge in [-0.15, -0.1) is 0 Å². The molecular weight excluding hydrogens is 360 g/mol. The van der Waals surface area contributed by atoms with Gasteiger partial charge in [0.1, 0.15) is 5.70 Å². The van der Waals surface area contributed by atoms with Crippen LogP contribution < -0.4 is 9.47 Å². The molecule has 0 aromatic heterocycles. The minimum absolute atomic E-state index is 0.00115. The van der Waals surface area contributed by atoms with Crippen molar-refractivity contribution < 1.29 is 14.3 Å². The molecule has 0 spiro atoms. The number of hydrogen-bond donors (Lipinski definition) is 0. The van der Waals surface area contributed by atoms with Gasteiger partial charge in [0.2, 0.25) is 0 Å². The Morgan fingerprint density at radius 3 is 2.44 bits per heavy atom. The lowest BCUT2D eigenvalue weighted by atomic mass is 9.94. The Hall–Kier alpha value is -2.08. The highest BCUT2D eigenvalue weighted by Crippen LogP contribution is 2.33. The van der Waals surface area contributed by atoms with Crippen molar-refractivity contribution in [2.45, 2.75) is 52.0 Å². The molecule has 5 nitrogen and oxygen atoms in total. The molecule has 0 N–H and O–H groups in total. The topological polar surface area (TPSA) is 42.0 Å². The summed E-state index contributed by atoms with van der Waals surface area (Å²) in [6.07, 6.45) is 7.52. The minimum Gasteiger partial charge on any atom is -0.490 e. The van der Waals surface area contributed by atoms with Crippen molar-refractivity contribution in [3.8, 4) is 11.5 Å². The molecule has 3 rings (SSSR count). The number of likely N-dealkylation sites (N-methyl/N-ethyl adjacent to an activating group) is 1. The highest BCUT2D eigenvalue weighted by atomic mass is 32.1. The molecule has 1 heterocycles. The van der Waals surface area contributed by atoms with E-state index in [-0.39, 0.29) is 11.9 Å². The van der Waals surface area contributed by atoms with E-state index in [0.717, 1.165) is 31.2 Å². The molecule has 1 aliphatic heterocycles. The van der Waals surface area contributed by atoms with E-state index in [1.54, 1.807) is 0 Å². The molecule has 1 aliphatic carbocycles. The first-order chi connectivity index (χ1) is 13.1. The Kier molecular flexibility index (Phi) is 6.37. The van der Waals surface area contributed by atoms with E-state index in [9.17, 15) is 4.79 Å². The second-order valence-corrected chi connectivity index (χ2v) is 7.28. The highest BCUT2D eigenvalue weighted by Gasteiger charge is 2.40.